The smallest absolute Gasteiger partial charge is 0.130 e. The van der Waals surface area contributed by atoms with Crippen molar-refractivity contribution in [1.29, 1.82) is 0 Å². The van der Waals surface area contributed by atoms with Crippen molar-refractivity contribution in [2.24, 2.45) is 7.05 Å². The number of rotatable bonds is 4. The van der Waals surface area contributed by atoms with Gasteiger partial charge >= 0.3 is 0 Å². The summed E-state index contributed by atoms with van der Waals surface area (Å²) in [5, 5.41) is 8.33. The van der Waals surface area contributed by atoms with Crippen molar-refractivity contribution in [2.75, 3.05) is 7.05 Å². The Morgan fingerprint density at radius 3 is 2.78 bits per heavy atom. The third-order valence-electron chi connectivity index (χ3n) is 3.11. The predicted molar refractivity (Wildman–Crippen MR) is 72.7 cm³/mol. The summed E-state index contributed by atoms with van der Waals surface area (Å²) in [4.78, 5) is 4.15. The van der Waals surface area contributed by atoms with Gasteiger partial charge in [0.1, 0.15) is 5.15 Å². The summed E-state index contributed by atoms with van der Waals surface area (Å²) in [5.74, 6) is 0. The molecule has 96 valence electrons. The number of hydrogen-bond donors (Lipinski definition) is 1. The molecule has 2 heterocycles. The minimum Gasteiger partial charge on any atom is -0.313 e. The van der Waals surface area contributed by atoms with Gasteiger partial charge in [-0.1, -0.05) is 17.7 Å². The van der Waals surface area contributed by atoms with Crippen molar-refractivity contribution in [1.82, 2.24) is 20.1 Å². The molecule has 1 N–H and O–H groups in total. The second-order valence-corrected chi connectivity index (χ2v) is 4.67. The van der Waals surface area contributed by atoms with Gasteiger partial charge in [-0.05, 0) is 32.0 Å². The van der Waals surface area contributed by atoms with Crippen LogP contribution in [0.15, 0.2) is 24.5 Å². The topological polar surface area (TPSA) is 42.7 Å². The van der Waals surface area contributed by atoms with Crippen LogP contribution in [0.2, 0.25) is 5.15 Å². The SMILES string of the molecule is CNC(Cc1c(C)nn(C)c1Cl)c1cccnc1. The third kappa shape index (κ3) is 2.54. The highest BCUT2D eigenvalue weighted by Gasteiger charge is 2.17. The zero-order valence-corrected chi connectivity index (χ0v) is 11.6. The average molecular weight is 265 g/mol. The predicted octanol–water partition coefficient (Wildman–Crippen LogP) is 2.28. The maximum atomic E-state index is 6.26. The Morgan fingerprint density at radius 2 is 2.28 bits per heavy atom. The van der Waals surface area contributed by atoms with Crippen LogP contribution in [0.5, 0.6) is 0 Å². The number of halogens is 1. The minimum absolute atomic E-state index is 0.194. The summed E-state index contributed by atoms with van der Waals surface area (Å²) in [6, 6.07) is 4.20. The number of aromatic nitrogens is 3. The van der Waals surface area contributed by atoms with E-state index in [2.05, 4.69) is 21.5 Å². The Hall–Kier alpha value is -1.39. The molecule has 2 aromatic rings. The summed E-state index contributed by atoms with van der Waals surface area (Å²) in [5.41, 5.74) is 3.22. The van der Waals surface area contributed by atoms with Crippen LogP contribution in [0.3, 0.4) is 0 Å². The standard InChI is InChI=1S/C13H17ClN4/c1-9-11(13(14)18(3)17-9)7-12(15-2)10-5-4-6-16-8-10/h4-6,8,12,15H,7H2,1-3H3. The molecule has 0 aromatic carbocycles. The van der Waals surface area contributed by atoms with Crippen LogP contribution in [-0.2, 0) is 13.5 Å². The first kappa shape index (κ1) is 13.1. The van der Waals surface area contributed by atoms with Gasteiger partial charge in [0, 0.05) is 31.0 Å². The van der Waals surface area contributed by atoms with Crippen LogP contribution in [0.25, 0.3) is 0 Å². The van der Waals surface area contributed by atoms with Crippen LogP contribution in [0, 0.1) is 6.92 Å². The highest BCUT2D eigenvalue weighted by molar-refractivity contribution is 6.30. The van der Waals surface area contributed by atoms with Crippen molar-refractivity contribution in [3.63, 3.8) is 0 Å². The zero-order chi connectivity index (χ0) is 13.1. The van der Waals surface area contributed by atoms with Gasteiger partial charge in [-0.15, -0.1) is 0 Å². The van der Waals surface area contributed by atoms with E-state index in [1.165, 1.54) is 0 Å². The van der Waals surface area contributed by atoms with E-state index < -0.39 is 0 Å². The van der Waals surface area contributed by atoms with Crippen LogP contribution >= 0.6 is 11.6 Å². The Balaban J connectivity index is 2.26. The van der Waals surface area contributed by atoms with Crippen molar-refractivity contribution in [3.05, 3.63) is 46.5 Å². The molecule has 18 heavy (non-hydrogen) atoms. The zero-order valence-electron chi connectivity index (χ0n) is 10.8. The Bertz CT molecular complexity index is 521. The molecule has 0 aliphatic heterocycles. The normalized spacial score (nSPS) is 12.7. The van der Waals surface area contributed by atoms with Crippen LogP contribution in [0.4, 0.5) is 0 Å². The summed E-state index contributed by atoms with van der Waals surface area (Å²) < 4.78 is 1.71. The van der Waals surface area contributed by atoms with Crippen molar-refractivity contribution in [3.8, 4) is 0 Å². The van der Waals surface area contributed by atoms with Gasteiger partial charge < -0.3 is 5.32 Å². The lowest BCUT2D eigenvalue weighted by molar-refractivity contribution is 0.588. The monoisotopic (exact) mass is 264 g/mol. The molecule has 1 unspecified atom stereocenters. The van der Waals surface area contributed by atoms with Gasteiger partial charge in [0.05, 0.1) is 5.69 Å². The lowest BCUT2D eigenvalue weighted by Crippen LogP contribution is -2.19. The fourth-order valence-electron chi connectivity index (χ4n) is 2.08. The molecule has 0 saturated heterocycles. The average Bonchev–Trinajstić information content (AvgIpc) is 2.62. The Morgan fingerprint density at radius 1 is 1.50 bits per heavy atom. The second-order valence-electron chi connectivity index (χ2n) is 4.31. The van der Waals surface area contributed by atoms with E-state index in [4.69, 9.17) is 11.6 Å². The molecular weight excluding hydrogens is 248 g/mol. The minimum atomic E-state index is 0.194. The summed E-state index contributed by atoms with van der Waals surface area (Å²) in [7, 11) is 3.80. The molecule has 1 atom stereocenters. The highest BCUT2D eigenvalue weighted by atomic mass is 35.5. The fourth-order valence-corrected chi connectivity index (χ4v) is 2.33. The fraction of sp³-hybridized carbons (Fsp3) is 0.385. The van der Waals surface area contributed by atoms with Gasteiger partial charge in [-0.2, -0.15) is 5.10 Å². The van der Waals surface area contributed by atoms with Gasteiger partial charge in [0.25, 0.3) is 0 Å². The first-order chi connectivity index (χ1) is 8.63. The molecule has 4 nitrogen and oxygen atoms in total. The molecule has 2 aromatic heterocycles. The number of likely N-dealkylation sites (N-methyl/N-ethyl adjacent to an activating group) is 1. The van der Waals surface area contributed by atoms with Gasteiger partial charge in [0.2, 0.25) is 0 Å². The maximum Gasteiger partial charge on any atom is 0.130 e. The molecule has 0 radical (unpaired) electrons. The first-order valence-electron chi connectivity index (χ1n) is 5.88. The van der Waals surface area contributed by atoms with Crippen LogP contribution in [0.1, 0.15) is 22.9 Å². The lowest BCUT2D eigenvalue weighted by Gasteiger charge is -2.16. The molecule has 0 amide bonds. The van der Waals surface area contributed by atoms with E-state index in [1.807, 2.05) is 33.3 Å². The van der Waals surface area contributed by atoms with Gasteiger partial charge in [0.15, 0.2) is 0 Å². The second kappa shape index (κ2) is 5.50. The molecule has 0 aliphatic rings. The number of aryl methyl sites for hydroxylation is 2. The Kier molecular flexibility index (Phi) is 3.99. The first-order valence-corrected chi connectivity index (χ1v) is 6.26. The number of nitrogens with zero attached hydrogens (tertiary/aromatic N) is 3. The molecule has 5 heteroatoms. The summed E-state index contributed by atoms with van der Waals surface area (Å²) in [6.45, 7) is 1.98. The summed E-state index contributed by atoms with van der Waals surface area (Å²) in [6.07, 6.45) is 4.46. The number of hydrogen-bond acceptors (Lipinski definition) is 3. The lowest BCUT2D eigenvalue weighted by atomic mass is 10.0. The molecule has 0 aliphatic carbocycles. The van der Waals surface area contributed by atoms with E-state index in [9.17, 15) is 0 Å². The van der Waals surface area contributed by atoms with Crippen LogP contribution < -0.4 is 5.32 Å². The molecule has 0 saturated carbocycles. The Labute approximate surface area is 112 Å². The van der Waals surface area contributed by atoms with Crippen molar-refractivity contribution >= 4 is 11.6 Å². The van der Waals surface area contributed by atoms with Gasteiger partial charge in [-0.25, -0.2) is 0 Å². The van der Waals surface area contributed by atoms with Crippen molar-refractivity contribution in [2.45, 2.75) is 19.4 Å². The van der Waals surface area contributed by atoms with E-state index >= 15 is 0 Å². The van der Waals surface area contributed by atoms with Gasteiger partial charge in [-0.3, -0.25) is 9.67 Å². The number of pyridine rings is 1. The molecule has 2 rings (SSSR count). The van der Waals surface area contributed by atoms with E-state index in [-0.39, 0.29) is 6.04 Å². The molecule has 0 fully saturated rings. The summed E-state index contributed by atoms with van der Waals surface area (Å²) >= 11 is 6.26. The molecule has 0 bridgehead atoms. The maximum absolute atomic E-state index is 6.26. The van der Waals surface area contributed by atoms with E-state index in [1.54, 1.807) is 10.9 Å². The molecule has 0 spiro atoms. The molecular formula is C13H17ClN4. The largest absolute Gasteiger partial charge is 0.313 e. The van der Waals surface area contributed by atoms with Crippen molar-refractivity contribution < 1.29 is 0 Å². The third-order valence-corrected chi connectivity index (χ3v) is 3.59. The number of nitrogens with one attached hydrogen (secondary N) is 1. The van der Waals surface area contributed by atoms with Crippen LogP contribution in [-0.4, -0.2) is 21.8 Å². The quantitative estimate of drug-likeness (QED) is 0.921. The highest BCUT2D eigenvalue weighted by Crippen LogP contribution is 2.25. The van der Waals surface area contributed by atoms with E-state index in [0.29, 0.717) is 5.15 Å². The van der Waals surface area contributed by atoms with E-state index in [0.717, 1.165) is 23.2 Å².